The van der Waals surface area contributed by atoms with Gasteiger partial charge in [0.1, 0.15) is 86.4 Å². The van der Waals surface area contributed by atoms with Gasteiger partial charge in [-0.2, -0.15) is 21.0 Å². The molecular weight excluding hydrogens is 1900 g/mol. The first kappa shape index (κ1) is 110. The van der Waals surface area contributed by atoms with Crippen molar-refractivity contribution in [2.45, 2.75) is 73.3 Å². The van der Waals surface area contributed by atoms with Gasteiger partial charge in [-0.1, -0.05) is 90.0 Å². The second kappa shape index (κ2) is 53.6. The number of ether oxygens (including phenoxy) is 6. The molecule has 0 bridgehead atoms. The average molecular weight is 1990 g/mol. The third kappa shape index (κ3) is 29.7. The van der Waals surface area contributed by atoms with E-state index in [4.69, 9.17) is 76.9 Å². The zero-order valence-electron chi connectivity index (χ0n) is 79.0. The minimum absolute atomic E-state index is 0.00233. The van der Waals surface area contributed by atoms with E-state index in [0.29, 0.717) is 102 Å². The molecule has 31 nitrogen and oxygen atoms in total. The van der Waals surface area contributed by atoms with Crippen LogP contribution in [0.2, 0.25) is 0 Å². The molecule has 0 heterocycles. The smallest absolute Gasteiger partial charge is 0.457 e. The Labute approximate surface area is 851 Å². The van der Waals surface area contributed by atoms with E-state index in [1.807, 2.05) is 86.7 Å². The molecule has 15 N–H and O–H groups in total. The Bertz CT molecular complexity index is 6820. The number of aliphatic hydroxyl groups is 9. The molecule has 0 aliphatic heterocycles. The number of nitriles is 4. The fourth-order valence-corrected chi connectivity index (χ4v) is 15.1. The molecule has 0 unspecified atom stereocenters. The molecule has 0 saturated carbocycles. The molecule has 0 amide bonds. The SMILES string of the molecule is Cc1ccc(Oc2ccc(B(O)OB(OB(O)c3ccc(Oc4ccc(C#N)cc4)cc3CO)c3ccc(Oc4ccc(C#N)cc4)cc3CO)c(CO)c2)cc1.Cc1ccc(Oc2ccc(B(O)OB(OB(O)c3ccc(Oc4ccc(C#N)cc4)cc3CO)c3ccc(Oc4ccc(C#N)cc4)cc3CO)c(CO)c2)cc1.OCc1cc(F)ccc1B(O)OB(OB(O)c1ccc(F)cc1CO)c1ccc(F)cc1CO. The van der Waals surface area contributed by atoms with Gasteiger partial charge in [-0.25, -0.2) is 13.2 Å². The first-order valence-corrected chi connectivity index (χ1v) is 45.5. The van der Waals surface area contributed by atoms with Crippen molar-refractivity contribution >= 4 is 113 Å². The normalized spacial score (nSPS) is 10.7. The fourth-order valence-electron chi connectivity index (χ4n) is 15.1. The summed E-state index contributed by atoms with van der Waals surface area (Å²) in [4.78, 5) is 0. The molecule has 43 heteroatoms. The molecule has 740 valence electrons. The van der Waals surface area contributed by atoms with E-state index in [9.17, 15) is 89.3 Å². The van der Waals surface area contributed by atoms with Crippen LogP contribution in [-0.2, 0) is 86.9 Å². The molecule has 15 aromatic rings. The fraction of sp³-hybridized carbons (Fsp3) is 0.105. The molecule has 0 fully saturated rings. The average Bonchev–Trinajstić information content (AvgIpc) is 0.803. The molecule has 0 atom stereocenters. The topological polar surface area (TPSA) is 509 Å². The predicted molar refractivity (Wildman–Crippen MR) is 547 cm³/mol. The quantitative estimate of drug-likeness (QED) is 0.0167. The summed E-state index contributed by atoms with van der Waals surface area (Å²) < 4.78 is 112. The third-order valence-electron chi connectivity index (χ3n) is 22.8. The molecule has 0 radical (unpaired) electrons. The lowest BCUT2D eigenvalue weighted by Crippen LogP contribution is -2.53. The molecule has 0 aliphatic rings. The number of halogens is 3. The van der Waals surface area contributed by atoms with E-state index in [0.717, 1.165) is 47.5 Å². The summed E-state index contributed by atoms with van der Waals surface area (Å²) in [5.74, 6) is 3.12. The number of benzene rings is 15. The second-order valence-corrected chi connectivity index (χ2v) is 32.8. The highest BCUT2D eigenvalue weighted by atomic mass is 19.1. The first-order chi connectivity index (χ1) is 71.6. The van der Waals surface area contributed by atoms with Gasteiger partial charge >= 0.3 is 64.1 Å². The Hall–Kier alpha value is -15.4. The highest BCUT2D eigenvalue weighted by Gasteiger charge is 2.41. The Balaban J connectivity index is 0.000000192. The number of nitrogens with zero attached hydrogens (tertiary/aromatic N) is 4. The van der Waals surface area contributed by atoms with E-state index < -0.39 is 141 Å². The maximum Gasteiger partial charge on any atom is 0.478 e. The summed E-state index contributed by atoms with van der Waals surface area (Å²) in [6.07, 6.45) is 0. The number of hydrogen-bond donors (Lipinski definition) is 15. The van der Waals surface area contributed by atoms with Gasteiger partial charge in [0.05, 0.1) is 106 Å². The van der Waals surface area contributed by atoms with E-state index >= 15 is 0 Å². The lowest BCUT2D eigenvalue weighted by atomic mass is 9.65. The summed E-state index contributed by atoms with van der Waals surface area (Å²) in [5.41, 5.74) is 6.83. The van der Waals surface area contributed by atoms with Gasteiger partial charge in [0.15, 0.2) is 0 Å². The Morgan fingerprint density at radius 1 is 0.196 bits per heavy atom. The summed E-state index contributed by atoms with van der Waals surface area (Å²) >= 11 is 0. The maximum atomic E-state index is 13.7. The van der Waals surface area contributed by atoms with Crippen molar-refractivity contribution in [1.82, 2.24) is 0 Å². The van der Waals surface area contributed by atoms with Gasteiger partial charge in [0, 0.05) is 0 Å². The highest BCUT2D eigenvalue weighted by molar-refractivity contribution is 6.81. The molecule has 148 heavy (non-hydrogen) atoms. The highest BCUT2D eigenvalue weighted by Crippen LogP contribution is 2.32. The zero-order chi connectivity index (χ0) is 105. The molecule has 15 rings (SSSR count). The van der Waals surface area contributed by atoms with Gasteiger partial charge in [-0.05, 0) is 344 Å². The molecule has 15 aromatic carbocycles. The van der Waals surface area contributed by atoms with Crippen LogP contribution in [0.3, 0.4) is 0 Å². The first-order valence-electron chi connectivity index (χ1n) is 45.5. The zero-order valence-corrected chi connectivity index (χ0v) is 79.0. The Kier molecular flexibility index (Phi) is 39.8. The van der Waals surface area contributed by atoms with Crippen molar-refractivity contribution in [1.29, 1.82) is 21.0 Å². The molecular formula is C105H90B9F3N4O27. The van der Waals surface area contributed by atoms with Crippen molar-refractivity contribution in [3.63, 3.8) is 0 Å². The summed E-state index contributed by atoms with van der Waals surface area (Å²) in [6.45, 7) is -0.963. The lowest BCUT2D eigenvalue weighted by Gasteiger charge is -2.23. The lowest BCUT2D eigenvalue weighted by molar-refractivity contribution is 0.280. The van der Waals surface area contributed by atoms with Crippen LogP contribution in [0.15, 0.2) is 309 Å². The van der Waals surface area contributed by atoms with E-state index in [2.05, 4.69) is 0 Å². The number of aliphatic hydroxyl groups excluding tert-OH is 9. The standard InChI is InChI=1S/2C42H35B3N2O10.C21H20B3F3O7/c2*1-28-2-8-34(9-3-28)53-37-14-17-40(31(20-37)25-48)43(51)56-45(42-19-16-39(22-33(42)27-50)55-36-12-6-30(24-47)7-13-36)57-44(52)41-18-15-38(21-32(41)26-49)54-35-10-4-29(23-46)5-11-35;25-16-1-4-19(13(7-16)10-28)22(31)33-24(21-6-3-18(27)9-15(21)12-30)34-23(32)20-5-2-17(26)8-14(20)11-29/h2*2-22,48-52H,25-27H2,1H3;1-9,28-32H,10-12H2. The predicted octanol–water partition coefficient (Wildman–Crippen LogP) is 7.28. The van der Waals surface area contributed by atoms with Gasteiger partial charge in [-0.3, -0.25) is 0 Å². The van der Waals surface area contributed by atoms with Crippen LogP contribution in [0.25, 0.3) is 0 Å². The van der Waals surface area contributed by atoms with Gasteiger partial charge in [0.2, 0.25) is 0 Å². The van der Waals surface area contributed by atoms with Crippen LogP contribution in [-0.4, -0.2) is 140 Å². The van der Waals surface area contributed by atoms with Crippen LogP contribution in [0.4, 0.5) is 13.2 Å². The monoisotopic (exact) mass is 1990 g/mol. The number of aryl methyl sites for hydroxylation is 2. The Morgan fingerprint density at radius 3 is 0.520 bits per heavy atom. The molecule has 0 saturated heterocycles. The van der Waals surface area contributed by atoms with Crippen molar-refractivity contribution in [3.05, 3.63) is 410 Å². The van der Waals surface area contributed by atoms with Crippen LogP contribution >= 0.6 is 0 Å². The third-order valence-corrected chi connectivity index (χ3v) is 22.8. The molecule has 0 aromatic heterocycles. The molecule has 0 aliphatic carbocycles. The summed E-state index contributed by atoms with van der Waals surface area (Å²) in [5, 5.41) is 195. The largest absolute Gasteiger partial charge is 0.478 e. The summed E-state index contributed by atoms with van der Waals surface area (Å²) in [7, 11) is -15.2. The van der Waals surface area contributed by atoms with Crippen molar-refractivity contribution in [2.24, 2.45) is 0 Å². The minimum Gasteiger partial charge on any atom is -0.457 e. The van der Waals surface area contributed by atoms with Crippen LogP contribution < -0.4 is 77.6 Å². The van der Waals surface area contributed by atoms with Gasteiger partial charge in [0.25, 0.3) is 0 Å². The minimum atomic E-state index is -1.80. The van der Waals surface area contributed by atoms with Crippen LogP contribution in [0.5, 0.6) is 69.0 Å². The van der Waals surface area contributed by atoms with Crippen molar-refractivity contribution in [3.8, 4) is 93.3 Å². The van der Waals surface area contributed by atoms with Gasteiger partial charge in [-0.15, -0.1) is 0 Å². The van der Waals surface area contributed by atoms with Gasteiger partial charge < -0.3 is 132 Å². The maximum absolute atomic E-state index is 13.7. The van der Waals surface area contributed by atoms with Crippen molar-refractivity contribution < 1.29 is 145 Å². The van der Waals surface area contributed by atoms with E-state index in [1.165, 1.54) is 66.7 Å². The molecule has 0 spiro atoms. The van der Waals surface area contributed by atoms with E-state index in [1.54, 1.807) is 158 Å². The summed E-state index contributed by atoms with van der Waals surface area (Å²) in [6, 6.07) is 86.4. The number of hydrogen-bond acceptors (Lipinski definition) is 31. The van der Waals surface area contributed by atoms with E-state index in [-0.39, 0.29) is 88.1 Å². The van der Waals surface area contributed by atoms with Crippen LogP contribution in [0, 0.1) is 76.6 Å². The number of rotatable bonds is 42. The van der Waals surface area contributed by atoms with Crippen LogP contribution in [0.1, 0.15) is 83.5 Å². The Morgan fingerprint density at radius 2 is 0.338 bits per heavy atom. The second-order valence-electron chi connectivity index (χ2n) is 32.8. The van der Waals surface area contributed by atoms with Crippen molar-refractivity contribution in [2.75, 3.05) is 0 Å².